The fraction of sp³-hybridized carbons (Fsp3) is 0.462. The molecule has 1 saturated heterocycles. The molecule has 1 aliphatic carbocycles. The van der Waals surface area contributed by atoms with E-state index in [1.807, 2.05) is 12.1 Å². The summed E-state index contributed by atoms with van der Waals surface area (Å²) in [5, 5.41) is 6.03. The molecule has 170 valence electrons. The Kier molecular flexibility index (Phi) is 6.89. The van der Waals surface area contributed by atoms with Crippen molar-refractivity contribution in [2.75, 3.05) is 25.0 Å². The standard InChI is InChI=1S/C26H32FN3O2/c1-19(31)22-5-2-6-24(17-22)28-25(32)29-26(11-12-26)13-15-30-14-3-4-21(18-30)16-20-7-9-23(27)10-8-20/h2,5-10,17,21H,3-4,11-16,18H2,1H3,(H2,28,29,32)/t21-/m0/s1. The van der Waals surface area contributed by atoms with Crippen molar-refractivity contribution in [3.8, 4) is 0 Å². The molecular weight excluding hydrogens is 405 g/mol. The largest absolute Gasteiger partial charge is 0.332 e. The molecule has 2 amide bonds. The number of nitrogens with one attached hydrogen (secondary N) is 2. The van der Waals surface area contributed by atoms with E-state index in [9.17, 15) is 14.0 Å². The van der Waals surface area contributed by atoms with Crippen molar-refractivity contribution in [1.82, 2.24) is 10.2 Å². The molecule has 32 heavy (non-hydrogen) atoms. The fourth-order valence-corrected chi connectivity index (χ4v) is 4.65. The molecule has 5 nitrogen and oxygen atoms in total. The van der Waals surface area contributed by atoms with Crippen LogP contribution in [0.3, 0.4) is 0 Å². The Balaban J connectivity index is 1.24. The number of amides is 2. The number of likely N-dealkylation sites (tertiary alicyclic amines) is 1. The zero-order chi connectivity index (χ0) is 22.6. The minimum atomic E-state index is -0.212. The van der Waals surface area contributed by atoms with E-state index in [1.54, 1.807) is 36.4 Å². The number of urea groups is 1. The Morgan fingerprint density at radius 2 is 1.94 bits per heavy atom. The highest BCUT2D eigenvalue weighted by molar-refractivity contribution is 5.96. The molecule has 1 atom stereocenters. The smallest absolute Gasteiger partial charge is 0.319 e. The first-order chi connectivity index (χ1) is 15.4. The zero-order valence-electron chi connectivity index (χ0n) is 18.7. The predicted octanol–water partition coefficient (Wildman–Crippen LogP) is 5.03. The average Bonchev–Trinajstić information content (AvgIpc) is 3.54. The molecular formula is C26H32FN3O2. The minimum Gasteiger partial charge on any atom is -0.332 e. The molecule has 2 aromatic carbocycles. The molecule has 0 bridgehead atoms. The predicted molar refractivity (Wildman–Crippen MR) is 124 cm³/mol. The van der Waals surface area contributed by atoms with Gasteiger partial charge in [-0.25, -0.2) is 9.18 Å². The molecule has 4 rings (SSSR count). The van der Waals surface area contributed by atoms with Crippen molar-refractivity contribution in [3.05, 3.63) is 65.5 Å². The molecule has 0 aromatic heterocycles. The van der Waals surface area contributed by atoms with Crippen LogP contribution in [0.2, 0.25) is 0 Å². The Morgan fingerprint density at radius 1 is 1.16 bits per heavy atom. The summed E-state index contributed by atoms with van der Waals surface area (Å²) in [5.41, 5.74) is 2.30. The van der Waals surface area contributed by atoms with Gasteiger partial charge in [-0.05, 0) is 87.7 Å². The van der Waals surface area contributed by atoms with E-state index in [1.165, 1.54) is 25.3 Å². The minimum absolute atomic E-state index is 0.0213. The quantitative estimate of drug-likeness (QED) is 0.570. The second-order valence-corrected chi connectivity index (χ2v) is 9.39. The molecule has 0 radical (unpaired) electrons. The Labute approximate surface area is 189 Å². The van der Waals surface area contributed by atoms with Crippen molar-refractivity contribution in [3.63, 3.8) is 0 Å². The van der Waals surface area contributed by atoms with Crippen LogP contribution in [0.4, 0.5) is 14.9 Å². The van der Waals surface area contributed by atoms with Crippen LogP contribution in [0.25, 0.3) is 0 Å². The van der Waals surface area contributed by atoms with Crippen LogP contribution < -0.4 is 10.6 Å². The number of carbonyl (C=O) groups is 2. The lowest BCUT2D eigenvalue weighted by atomic mass is 9.91. The van der Waals surface area contributed by atoms with E-state index >= 15 is 0 Å². The number of hydrogen-bond acceptors (Lipinski definition) is 3. The topological polar surface area (TPSA) is 61.4 Å². The van der Waals surface area contributed by atoms with Gasteiger partial charge >= 0.3 is 6.03 Å². The van der Waals surface area contributed by atoms with Gasteiger partial charge in [-0.15, -0.1) is 0 Å². The van der Waals surface area contributed by atoms with Gasteiger partial charge in [-0.1, -0.05) is 24.3 Å². The van der Waals surface area contributed by atoms with Crippen LogP contribution in [0, 0.1) is 11.7 Å². The second-order valence-electron chi connectivity index (χ2n) is 9.39. The van der Waals surface area contributed by atoms with Gasteiger partial charge in [-0.3, -0.25) is 4.79 Å². The molecule has 1 aliphatic heterocycles. The van der Waals surface area contributed by atoms with E-state index in [4.69, 9.17) is 0 Å². The van der Waals surface area contributed by atoms with E-state index < -0.39 is 0 Å². The number of rotatable bonds is 8. The Morgan fingerprint density at radius 3 is 2.66 bits per heavy atom. The van der Waals surface area contributed by atoms with Crippen LogP contribution in [-0.4, -0.2) is 41.9 Å². The van der Waals surface area contributed by atoms with Crippen LogP contribution >= 0.6 is 0 Å². The van der Waals surface area contributed by atoms with Crippen molar-refractivity contribution in [1.29, 1.82) is 0 Å². The highest BCUT2D eigenvalue weighted by Gasteiger charge is 2.44. The highest BCUT2D eigenvalue weighted by atomic mass is 19.1. The Bertz CT molecular complexity index is 956. The molecule has 2 aromatic rings. The maximum absolute atomic E-state index is 13.2. The lowest BCUT2D eigenvalue weighted by molar-refractivity contribution is 0.101. The van der Waals surface area contributed by atoms with Gasteiger partial charge in [0.25, 0.3) is 0 Å². The molecule has 1 saturated carbocycles. The van der Waals surface area contributed by atoms with E-state index in [-0.39, 0.29) is 23.2 Å². The molecule has 2 aliphatic rings. The summed E-state index contributed by atoms with van der Waals surface area (Å²) in [6, 6.07) is 13.7. The molecule has 0 spiro atoms. The van der Waals surface area contributed by atoms with E-state index in [0.29, 0.717) is 17.2 Å². The number of hydrogen-bond donors (Lipinski definition) is 2. The highest BCUT2D eigenvalue weighted by Crippen LogP contribution is 2.39. The van der Waals surface area contributed by atoms with Gasteiger partial charge in [0.2, 0.25) is 0 Å². The van der Waals surface area contributed by atoms with Crippen LogP contribution in [0.1, 0.15) is 54.9 Å². The van der Waals surface area contributed by atoms with Crippen molar-refractivity contribution in [2.24, 2.45) is 5.92 Å². The van der Waals surface area contributed by atoms with Gasteiger partial charge in [0.1, 0.15) is 5.82 Å². The number of nitrogens with zero attached hydrogens (tertiary/aromatic N) is 1. The third-order valence-electron chi connectivity index (χ3n) is 6.71. The van der Waals surface area contributed by atoms with Crippen LogP contribution in [-0.2, 0) is 6.42 Å². The number of halogens is 1. The summed E-state index contributed by atoms with van der Waals surface area (Å²) in [7, 11) is 0. The number of benzene rings is 2. The van der Waals surface area contributed by atoms with Crippen molar-refractivity contribution < 1.29 is 14.0 Å². The summed E-state index contributed by atoms with van der Waals surface area (Å²) in [5.74, 6) is 0.387. The normalized spacial score (nSPS) is 19.9. The maximum Gasteiger partial charge on any atom is 0.319 e. The first-order valence-electron chi connectivity index (χ1n) is 11.6. The molecule has 2 fully saturated rings. The lowest BCUT2D eigenvalue weighted by Gasteiger charge is -2.34. The number of anilines is 1. The summed E-state index contributed by atoms with van der Waals surface area (Å²) < 4.78 is 13.2. The monoisotopic (exact) mass is 437 g/mol. The maximum atomic E-state index is 13.2. The summed E-state index contributed by atoms with van der Waals surface area (Å²) >= 11 is 0. The first kappa shape index (κ1) is 22.5. The number of carbonyl (C=O) groups excluding carboxylic acids is 2. The van der Waals surface area contributed by atoms with Crippen molar-refractivity contribution in [2.45, 2.75) is 51.0 Å². The fourth-order valence-electron chi connectivity index (χ4n) is 4.65. The third kappa shape index (κ3) is 6.16. The van der Waals surface area contributed by atoms with Gasteiger partial charge in [0, 0.05) is 29.9 Å². The summed E-state index contributed by atoms with van der Waals surface area (Å²) in [4.78, 5) is 26.6. The van der Waals surface area contributed by atoms with Crippen molar-refractivity contribution >= 4 is 17.5 Å². The number of piperidine rings is 1. The molecule has 1 heterocycles. The molecule has 6 heteroatoms. The van der Waals surface area contributed by atoms with Gasteiger partial charge in [0.15, 0.2) is 5.78 Å². The first-order valence-corrected chi connectivity index (χ1v) is 11.6. The van der Waals surface area contributed by atoms with Crippen LogP contribution in [0.15, 0.2) is 48.5 Å². The Hall–Kier alpha value is -2.73. The summed E-state index contributed by atoms with van der Waals surface area (Å²) in [6.45, 7) is 4.64. The third-order valence-corrected chi connectivity index (χ3v) is 6.71. The number of ketones is 1. The molecule has 0 unspecified atom stereocenters. The van der Waals surface area contributed by atoms with Crippen LogP contribution in [0.5, 0.6) is 0 Å². The van der Waals surface area contributed by atoms with Gasteiger partial charge in [-0.2, -0.15) is 0 Å². The van der Waals surface area contributed by atoms with E-state index in [0.717, 1.165) is 45.3 Å². The van der Waals surface area contributed by atoms with E-state index in [2.05, 4.69) is 15.5 Å². The van der Waals surface area contributed by atoms with Gasteiger partial charge in [0.05, 0.1) is 0 Å². The average molecular weight is 438 g/mol. The zero-order valence-corrected chi connectivity index (χ0v) is 18.7. The number of Topliss-reactive ketones (excluding diaryl/α,β-unsaturated/α-hetero) is 1. The molecule has 2 N–H and O–H groups in total. The lowest BCUT2D eigenvalue weighted by Crippen LogP contribution is -2.44. The second kappa shape index (κ2) is 9.82. The SMILES string of the molecule is CC(=O)c1cccc(NC(=O)NC2(CCN3CCC[C@@H](Cc4ccc(F)cc4)C3)CC2)c1. The van der Waals surface area contributed by atoms with Gasteiger partial charge < -0.3 is 15.5 Å². The summed E-state index contributed by atoms with van der Waals surface area (Å²) in [6.07, 6.45) is 6.32.